The molecule has 226 valence electrons. The van der Waals surface area contributed by atoms with Crippen LogP contribution in [-0.4, -0.2) is 57.3 Å². The molecular formula is C34H36N6OS3. The van der Waals surface area contributed by atoms with Crippen molar-refractivity contribution < 1.29 is 4.79 Å². The number of carbonyl (C=O) groups excluding carboxylic acids is 1. The lowest BCUT2D eigenvalue weighted by atomic mass is 10.0. The molecule has 3 fully saturated rings. The maximum atomic E-state index is 10.8. The second kappa shape index (κ2) is 13.0. The molecule has 0 atom stereocenters. The third kappa shape index (κ3) is 6.72. The predicted octanol–water partition coefficient (Wildman–Crippen LogP) is 7.30. The van der Waals surface area contributed by atoms with Gasteiger partial charge in [-0.05, 0) is 61.9 Å². The molecule has 0 bridgehead atoms. The lowest BCUT2D eigenvalue weighted by Gasteiger charge is -2.26. The molecule has 2 aliphatic heterocycles. The molecule has 10 heteroatoms. The molecule has 0 spiro atoms. The highest BCUT2D eigenvalue weighted by Crippen LogP contribution is 2.45. The van der Waals surface area contributed by atoms with Crippen LogP contribution in [0.1, 0.15) is 54.0 Å². The van der Waals surface area contributed by atoms with E-state index in [1.54, 1.807) is 34.0 Å². The average molecular weight is 641 g/mol. The number of nitrogen functional groups attached to an aromatic ring is 1. The molecule has 9 rings (SSSR count). The number of anilines is 1. The number of hydrogen-bond donors (Lipinski definition) is 1. The Morgan fingerprint density at radius 2 is 1.43 bits per heavy atom. The minimum Gasteiger partial charge on any atom is -0.390 e. The Morgan fingerprint density at radius 1 is 0.818 bits per heavy atom. The van der Waals surface area contributed by atoms with E-state index in [1.807, 2.05) is 30.3 Å². The molecule has 2 aliphatic carbocycles. The molecule has 5 aromatic rings. The van der Waals surface area contributed by atoms with E-state index in [0.29, 0.717) is 12.2 Å². The fourth-order valence-corrected chi connectivity index (χ4v) is 9.21. The summed E-state index contributed by atoms with van der Waals surface area (Å²) in [5.74, 6) is 0.455. The molecule has 0 amide bonds. The molecule has 44 heavy (non-hydrogen) atoms. The molecule has 2 saturated carbocycles. The van der Waals surface area contributed by atoms with E-state index in [9.17, 15) is 4.79 Å². The monoisotopic (exact) mass is 640 g/mol. The van der Waals surface area contributed by atoms with E-state index in [-0.39, 0.29) is 0 Å². The number of thiazole rings is 2. The number of rotatable bonds is 4. The van der Waals surface area contributed by atoms with Gasteiger partial charge in [-0.1, -0.05) is 24.3 Å². The fourth-order valence-electron chi connectivity index (χ4n) is 6.05. The number of fused-ring (bicyclic) bond motifs is 3. The maximum Gasteiger partial charge on any atom is 0.135 e. The molecule has 2 aromatic carbocycles. The van der Waals surface area contributed by atoms with Crippen molar-refractivity contribution in [3.05, 3.63) is 64.0 Å². The molecular weight excluding hydrogens is 605 g/mol. The number of hydrogen-bond acceptors (Lipinski definition) is 10. The van der Waals surface area contributed by atoms with Gasteiger partial charge in [0.25, 0.3) is 0 Å². The minimum atomic E-state index is 0.416. The topological polar surface area (TPSA) is 99.1 Å². The quantitative estimate of drug-likeness (QED) is 0.220. The SMILES string of the molecule is N#CCc1nc2ccccc2s1.Nc1sc2c(c1-c1nc3ccccc3s1)CCN(C1CC1)C2.O=C1CCN(C2CC2)CC1. The van der Waals surface area contributed by atoms with Crippen molar-refractivity contribution in [3.8, 4) is 16.6 Å². The summed E-state index contributed by atoms with van der Waals surface area (Å²) in [6.07, 6.45) is 8.63. The van der Waals surface area contributed by atoms with Gasteiger partial charge in [-0.3, -0.25) is 14.6 Å². The first-order chi connectivity index (χ1) is 21.6. The number of likely N-dealkylation sites (tertiary alicyclic amines) is 1. The lowest BCUT2D eigenvalue weighted by Crippen LogP contribution is -2.35. The molecule has 4 aliphatic rings. The molecule has 1 saturated heterocycles. The Morgan fingerprint density at radius 3 is 2.07 bits per heavy atom. The second-order valence-electron chi connectivity index (χ2n) is 11.9. The van der Waals surface area contributed by atoms with Gasteiger partial charge < -0.3 is 5.73 Å². The first-order valence-electron chi connectivity index (χ1n) is 15.5. The molecule has 5 heterocycles. The van der Waals surface area contributed by atoms with Crippen molar-refractivity contribution in [3.63, 3.8) is 0 Å². The second-order valence-corrected chi connectivity index (χ2v) is 15.2. The standard InChI is InChI=1S/C17H17N3S2.C9H6N2S.C8H13NO/c18-16-15(17-19-12-3-1-2-4-13(12)22-17)11-7-8-20(10-5-6-10)9-14(11)21-16;10-6-5-9-11-7-3-1-2-4-8(7)12-9;10-8-3-5-9(6-4-8)7-1-2-7/h1-4,10H,5-9,18H2;1-4H,5H2;7H,1-6H2. The summed E-state index contributed by atoms with van der Waals surface area (Å²) < 4.78 is 2.40. The van der Waals surface area contributed by atoms with Crippen molar-refractivity contribution >= 4 is 65.2 Å². The Labute approximate surface area is 270 Å². The normalized spacial score (nSPS) is 18.7. The highest BCUT2D eigenvalue weighted by atomic mass is 32.1. The van der Waals surface area contributed by atoms with Crippen molar-refractivity contribution in [1.82, 2.24) is 19.8 Å². The van der Waals surface area contributed by atoms with Crippen molar-refractivity contribution in [2.45, 2.75) is 70.0 Å². The summed E-state index contributed by atoms with van der Waals surface area (Å²) in [6.45, 7) is 4.32. The van der Waals surface area contributed by atoms with E-state index in [4.69, 9.17) is 16.0 Å². The fraction of sp³-hybridized carbons (Fsp3) is 0.412. The van der Waals surface area contributed by atoms with Crippen molar-refractivity contribution in [2.24, 2.45) is 0 Å². The average Bonchev–Trinajstić information content (AvgIpc) is 3.95. The molecule has 0 radical (unpaired) electrons. The number of nitriles is 1. The van der Waals surface area contributed by atoms with Gasteiger partial charge in [0.1, 0.15) is 15.8 Å². The number of nitrogens with zero attached hydrogens (tertiary/aromatic N) is 5. The van der Waals surface area contributed by atoms with Crippen LogP contribution in [0.5, 0.6) is 0 Å². The van der Waals surface area contributed by atoms with Crippen molar-refractivity contribution in [2.75, 3.05) is 25.4 Å². The van der Waals surface area contributed by atoms with Crippen LogP contribution in [0, 0.1) is 11.3 Å². The van der Waals surface area contributed by atoms with Crippen LogP contribution < -0.4 is 5.73 Å². The highest BCUT2D eigenvalue weighted by Gasteiger charge is 2.34. The van der Waals surface area contributed by atoms with Gasteiger partial charge in [-0.25, -0.2) is 9.97 Å². The van der Waals surface area contributed by atoms with E-state index in [0.717, 1.165) is 81.7 Å². The van der Waals surface area contributed by atoms with Crippen LogP contribution in [0.2, 0.25) is 0 Å². The zero-order chi connectivity index (χ0) is 30.0. The predicted molar refractivity (Wildman–Crippen MR) is 182 cm³/mol. The molecule has 7 nitrogen and oxygen atoms in total. The Balaban J connectivity index is 0.000000119. The van der Waals surface area contributed by atoms with E-state index in [1.165, 1.54) is 52.9 Å². The number of piperidine rings is 1. The number of carbonyl (C=O) groups is 1. The number of thiophene rings is 1. The number of benzene rings is 2. The zero-order valence-electron chi connectivity index (χ0n) is 24.7. The van der Waals surface area contributed by atoms with Crippen LogP contribution in [0.15, 0.2) is 48.5 Å². The Kier molecular flexibility index (Phi) is 8.74. The maximum absolute atomic E-state index is 10.8. The van der Waals surface area contributed by atoms with E-state index in [2.05, 4.69) is 39.1 Å². The van der Waals surface area contributed by atoms with Crippen LogP contribution in [-0.2, 0) is 24.2 Å². The first-order valence-corrected chi connectivity index (χ1v) is 18.0. The van der Waals surface area contributed by atoms with Gasteiger partial charge in [-0.2, -0.15) is 5.26 Å². The summed E-state index contributed by atoms with van der Waals surface area (Å²) in [5, 5.41) is 11.4. The zero-order valence-corrected chi connectivity index (χ0v) is 27.2. The third-order valence-electron chi connectivity index (χ3n) is 8.67. The van der Waals surface area contributed by atoms with Crippen LogP contribution in [0.4, 0.5) is 5.00 Å². The minimum absolute atomic E-state index is 0.416. The smallest absolute Gasteiger partial charge is 0.135 e. The number of Topliss-reactive ketones (excluding diaryl/α,β-unsaturated/α-hetero) is 1. The van der Waals surface area contributed by atoms with Crippen LogP contribution in [0.25, 0.3) is 31.0 Å². The number of ketones is 1. The van der Waals surface area contributed by atoms with Gasteiger partial charge in [0, 0.05) is 61.5 Å². The summed E-state index contributed by atoms with van der Waals surface area (Å²) >= 11 is 5.12. The highest BCUT2D eigenvalue weighted by molar-refractivity contribution is 7.22. The molecule has 2 N–H and O–H groups in total. The summed E-state index contributed by atoms with van der Waals surface area (Å²) in [6, 6.07) is 20.1. The van der Waals surface area contributed by atoms with Crippen LogP contribution in [0.3, 0.4) is 0 Å². The van der Waals surface area contributed by atoms with Crippen molar-refractivity contribution in [1.29, 1.82) is 5.26 Å². The van der Waals surface area contributed by atoms with Gasteiger partial charge >= 0.3 is 0 Å². The van der Waals surface area contributed by atoms with E-state index >= 15 is 0 Å². The van der Waals surface area contributed by atoms with Gasteiger partial charge in [0.15, 0.2) is 0 Å². The summed E-state index contributed by atoms with van der Waals surface area (Å²) in [4.78, 5) is 26.5. The van der Waals surface area contributed by atoms with Gasteiger partial charge in [0.2, 0.25) is 0 Å². The molecule has 3 aromatic heterocycles. The van der Waals surface area contributed by atoms with Crippen LogP contribution >= 0.6 is 34.0 Å². The largest absolute Gasteiger partial charge is 0.390 e. The van der Waals surface area contributed by atoms with Gasteiger partial charge in [0.05, 0.1) is 37.9 Å². The lowest BCUT2D eigenvalue weighted by molar-refractivity contribution is -0.121. The number of nitrogens with two attached hydrogens (primary N) is 1. The molecule has 0 unspecified atom stereocenters. The van der Waals surface area contributed by atoms with E-state index < -0.39 is 0 Å². The third-order valence-corrected chi connectivity index (χ3v) is 11.8. The summed E-state index contributed by atoms with van der Waals surface area (Å²) in [7, 11) is 0. The Bertz CT molecular complexity index is 1750. The van der Waals surface area contributed by atoms with Gasteiger partial charge in [-0.15, -0.1) is 34.0 Å². The number of para-hydroxylation sites is 2. The Hall–Kier alpha value is -3.20. The summed E-state index contributed by atoms with van der Waals surface area (Å²) in [5.41, 5.74) is 11.1. The number of aromatic nitrogens is 2. The first kappa shape index (κ1) is 29.5.